The largest absolute Gasteiger partial charge is 0.435 e. The molecule has 0 saturated carbocycles. The van der Waals surface area contributed by atoms with Gasteiger partial charge in [-0.25, -0.2) is 9.97 Å². The lowest BCUT2D eigenvalue weighted by Gasteiger charge is -2.28. The molecule has 1 amide bonds. The minimum atomic E-state index is -2.86. The number of nitrogens with zero attached hydrogens (tertiary/aromatic N) is 3. The lowest BCUT2D eigenvalue weighted by atomic mass is 10.1. The molecule has 9 heteroatoms. The van der Waals surface area contributed by atoms with Crippen LogP contribution in [0, 0.1) is 6.92 Å². The van der Waals surface area contributed by atoms with Crippen molar-refractivity contribution < 1.29 is 18.3 Å². The Morgan fingerprint density at radius 2 is 1.90 bits per heavy atom. The third-order valence-corrected chi connectivity index (χ3v) is 5.94. The van der Waals surface area contributed by atoms with E-state index in [1.165, 1.54) is 29.9 Å². The summed E-state index contributed by atoms with van der Waals surface area (Å²) in [5, 5.41) is 3.36. The molecular weight excluding hydrogens is 422 g/mol. The molecule has 1 aliphatic rings. The van der Waals surface area contributed by atoms with Gasteiger partial charge >= 0.3 is 6.61 Å². The summed E-state index contributed by atoms with van der Waals surface area (Å²) in [4.78, 5) is 25.0. The number of anilines is 2. The molecule has 31 heavy (non-hydrogen) atoms. The summed E-state index contributed by atoms with van der Waals surface area (Å²) in [6.07, 6.45) is 5.08. The second-order valence-electron chi connectivity index (χ2n) is 7.20. The molecule has 1 aliphatic heterocycles. The maximum Gasteiger partial charge on any atom is 0.387 e. The summed E-state index contributed by atoms with van der Waals surface area (Å²) >= 11 is 1.36. The maximum absolute atomic E-state index is 13.0. The fourth-order valence-electron chi connectivity index (χ4n) is 3.61. The van der Waals surface area contributed by atoms with Gasteiger partial charge in [0.1, 0.15) is 11.6 Å². The number of thiazole rings is 1. The molecular formula is C22H22F2N4O2S. The fourth-order valence-corrected chi connectivity index (χ4v) is 4.44. The molecule has 0 spiro atoms. The van der Waals surface area contributed by atoms with Crippen LogP contribution in [0.15, 0.2) is 42.6 Å². The van der Waals surface area contributed by atoms with E-state index in [9.17, 15) is 13.6 Å². The zero-order valence-corrected chi connectivity index (χ0v) is 17.8. The lowest BCUT2D eigenvalue weighted by molar-refractivity contribution is -0.0498. The van der Waals surface area contributed by atoms with Gasteiger partial charge in [-0.15, -0.1) is 11.3 Å². The molecule has 0 bridgehead atoms. The number of alkyl halides is 2. The number of pyridine rings is 1. The second-order valence-corrected chi connectivity index (χ2v) is 8.41. The summed E-state index contributed by atoms with van der Waals surface area (Å²) in [6.45, 7) is 0.817. The van der Waals surface area contributed by atoms with Crippen molar-refractivity contribution in [3.63, 3.8) is 0 Å². The molecule has 0 atom stereocenters. The number of piperidine rings is 1. The topological polar surface area (TPSA) is 67.4 Å². The van der Waals surface area contributed by atoms with Gasteiger partial charge in [-0.3, -0.25) is 10.1 Å². The summed E-state index contributed by atoms with van der Waals surface area (Å²) < 4.78 is 29.1. The maximum atomic E-state index is 13.0. The average Bonchev–Trinajstić information content (AvgIpc) is 3.14. The quantitative estimate of drug-likeness (QED) is 0.555. The van der Waals surface area contributed by atoms with Crippen LogP contribution in [0.1, 0.15) is 34.5 Å². The molecule has 0 aliphatic carbocycles. The summed E-state index contributed by atoms with van der Waals surface area (Å²) in [5.74, 6) is 0.527. The number of hydrogen-bond donors (Lipinski definition) is 1. The third-order valence-electron chi connectivity index (χ3n) is 5.06. The van der Waals surface area contributed by atoms with E-state index in [1.807, 2.05) is 6.92 Å². The Morgan fingerprint density at radius 3 is 2.61 bits per heavy atom. The van der Waals surface area contributed by atoms with E-state index < -0.39 is 6.61 Å². The van der Waals surface area contributed by atoms with Gasteiger partial charge in [0.15, 0.2) is 5.13 Å². The van der Waals surface area contributed by atoms with Crippen LogP contribution in [-0.2, 0) is 0 Å². The first-order valence-electron chi connectivity index (χ1n) is 10.1. The van der Waals surface area contributed by atoms with Crippen molar-refractivity contribution in [3.05, 3.63) is 53.0 Å². The predicted molar refractivity (Wildman–Crippen MR) is 117 cm³/mol. The molecule has 1 fully saturated rings. The monoisotopic (exact) mass is 444 g/mol. The van der Waals surface area contributed by atoms with Gasteiger partial charge in [0.05, 0.1) is 11.3 Å². The number of halogens is 2. The SMILES string of the molecule is Cc1sc(NC(=O)c2cccnc2N2CCCCC2)nc1-c1ccc(OC(F)F)cc1. The van der Waals surface area contributed by atoms with Crippen LogP contribution in [-0.4, -0.2) is 35.6 Å². The first-order chi connectivity index (χ1) is 15.0. The van der Waals surface area contributed by atoms with Gasteiger partial charge in [0.2, 0.25) is 0 Å². The Kier molecular flexibility index (Phi) is 6.41. The molecule has 1 N–H and O–H groups in total. The predicted octanol–water partition coefficient (Wildman–Crippen LogP) is 5.36. The zero-order valence-electron chi connectivity index (χ0n) is 17.0. The average molecular weight is 445 g/mol. The van der Waals surface area contributed by atoms with Crippen LogP contribution in [0.3, 0.4) is 0 Å². The van der Waals surface area contributed by atoms with Gasteiger partial charge in [-0.2, -0.15) is 8.78 Å². The number of carbonyl (C=O) groups is 1. The molecule has 0 radical (unpaired) electrons. The van der Waals surface area contributed by atoms with Crippen molar-refractivity contribution in [2.45, 2.75) is 32.8 Å². The molecule has 1 saturated heterocycles. The first-order valence-corrected chi connectivity index (χ1v) is 10.9. The highest BCUT2D eigenvalue weighted by Gasteiger charge is 2.21. The number of rotatable bonds is 6. The number of aryl methyl sites for hydroxylation is 1. The van der Waals surface area contributed by atoms with Crippen molar-refractivity contribution in [3.8, 4) is 17.0 Å². The van der Waals surface area contributed by atoms with Crippen molar-refractivity contribution in [2.75, 3.05) is 23.3 Å². The van der Waals surface area contributed by atoms with Crippen LogP contribution in [0.5, 0.6) is 5.75 Å². The van der Waals surface area contributed by atoms with Crippen LogP contribution < -0.4 is 15.0 Å². The number of carbonyl (C=O) groups excluding carboxylic acids is 1. The molecule has 4 rings (SSSR count). The van der Waals surface area contributed by atoms with Crippen molar-refractivity contribution in [1.82, 2.24) is 9.97 Å². The number of nitrogens with one attached hydrogen (secondary N) is 1. The Hall–Kier alpha value is -3.07. The Bertz CT molecular complexity index is 1050. The number of hydrogen-bond acceptors (Lipinski definition) is 6. The first kappa shape index (κ1) is 21.2. The number of amides is 1. The number of aromatic nitrogens is 2. The third kappa shape index (κ3) is 4.99. The minimum Gasteiger partial charge on any atom is -0.435 e. The number of ether oxygens (including phenoxy) is 1. The van der Waals surface area contributed by atoms with E-state index in [-0.39, 0.29) is 11.7 Å². The summed E-state index contributed by atoms with van der Waals surface area (Å²) in [6, 6.07) is 9.80. The highest BCUT2D eigenvalue weighted by Crippen LogP contribution is 2.32. The molecule has 0 unspecified atom stereocenters. The molecule has 6 nitrogen and oxygen atoms in total. The van der Waals surface area contributed by atoms with Gasteiger partial charge in [-0.05, 0) is 62.6 Å². The molecule has 3 aromatic rings. The van der Waals surface area contributed by atoms with Gasteiger partial charge in [0.25, 0.3) is 5.91 Å². The van der Waals surface area contributed by atoms with Crippen molar-refractivity contribution in [1.29, 1.82) is 0 Å². The van der Waals surface area contributed by atoms with Crippen LogP contribution >= 0.6 is 11.3 Å². The van der Waals surface area contributed by atoms with E-state index in [0.29, 0.717) is 22.2 Å². The molecule has 3 heterocycles. The van der Waals surface area contributed by atoms with Gasteiger partial charge < -0.3 is 9.64 Å². The molecule has 2 aromatic heterocycles. The number of benzene rings is 1. The fraction of sp³-hybridized carbons (Fsp3) is 0.318. The van der Waals surface area contributed by atoms with Crippen LogP contribution in [0.2, 0.25) is 0 Å². The van der Waals surface area contributed by atoms with E-state index in [1.54, 1.807) is 30.5 Å². The second kappa shape index (κ2) is 9.38. The Balaban J connectivity index is 1.52. The lowest BCUT2D eigenvalue weighted by Crippen LogP contribution is -2.32. The van der Waals surface area contributed by atoms with E-state index in [0.717, 1.165) is 36.4 Å². The minimum absolute atomic E-state index is 0.0852. The van der Waals surface area contributed by atoms with E-state index in [2.05, 4.69) is 24.9 Å². The smallest absolute Gasteiger partial charge is 0.387 e. The highest BCUT2D eigenvalue weighted by atomic mass is 32.1. The van der Waals surface area contributed by atoms with Crippen molar-refractivity contribution in [2.24, 2.45) is 0 Å². The summed E-state index contributed by atoms with van der Waals surface area (Å²) in [7, 11) is 0. The zero-order chi connectivity index (χ0) is 21.8. The Labute approximate surface area is 182 Å². The highest BCUT2D eigenvalue weighted by molar-refractivity contribution is 7.16. The van der Waals surface area contributed by atoms with Crippen LogP contribution in [0.25, 0.3) is 11.3 Å². The van der Waals surface area contributed by atoms with Gasteiger partial charge in [0, 0.05) is 29.7 Å². The van der Waals surface area contributed by atoms with Crippen LogP contribution in [0.4, 0.5) is 19.7 Å². The van der Waals surface area contributed by atoms with Crippen molar-refractivity contribution >= 4 is 28.2 Å². The standard InChI is InChI=1S/C22H22F2N4O2S/c1-14-18(15-7-9-16(10-8-15)30-21(23)24)26-22(31-14)27-20(29)17-6-5-11-25-19(17)28-12-3-2-4-13-28/h5-11,21H,2-4,12-13H2,1H3,(H,26,27,29). The molecule has 162 valence electrons. The summed E-state index contributed by atoms with van der Waals surface area (Å²) in [5.41, 5.74) is 1.96. The normalized spacial score (nSPS) is 14.0. The van der Waals surface area contributed by atoms with E-state index >= 15 is 0 Å². The molecule has 1 aromatic carbocycles. The van der Waals surface area contributed by atoms with E-state index in [4.69, 9.17) is 0 Å². The Morgan fingerprint density at radius 1 is 1.16 bits per heavy atom. The van der Waals surface area contributed by atoms with Gasteiger partial charge in [-0.1, -0.05) is 0 Å².